The average Bonchev–Trinajstić information content (AvgIpc) is 3.04. The Morgan fingerprint density at radius 1 is 1.03 bits per heavy atom. The molecule has 0 bridgehead atoms. The van der Waals surface area contributed by atoms with Gasteiger partial charge in [0, 0.05) is 28.7 Å². The molecule has 2 heterocycles. The molecule has 0 saturated carbocycles. The maximum Gasteiger partial charge on any atom is 0.325 e. The lowest BCUT2D eigenvalue weighted by molar-refractivity contribution is -0.133. The summed E-state index contributed by atoms with van der Waals surface area (Å²) in [6, 6.07) is 7.76. The number of piperidine rings is 1. The molecular formula is C23H23Cl3N4O5S. The Bertz CT molecular complexity index is 1350. The van der Waals surface area contributed by atoms with Crippen molar-refractivity contribution < 1.29 is 22.8 Å². The summed E-state index contributed by atoms with van der Waals surface area (Å²) in [5.41, 5.74) is -1.12. The second-order valence-corrected chi connectivity index (χ2v) is 11.9. The first-order valence-corrected chi connectivity index (χ1v) is 13.7. The van der Waals surface area contributed by atoms with Crippen molar-refractivity contribution in [1.82, 2.24) is 14.5 Å². The van der Waals surface area contributed by atoms with E-state index in [2.05, 4.69) is 10.6 Å². The molecule has 0 aromatic heterocycles. The van der Waals surface area contributed by atoms with Gasteiger partial charge < -0.3 is 10.6 Å². The molecule has 2 saturated heterocycles. The Morgan fingerprint density at radius 3 is 2.39 bits per heavy atom. The predicted molar refractivity (Wildman–Crippen MR) is 137 cm³/mol. The standard InChI is InChI=1S/C23H23Cl3N4O5S/c1-23(16-7-5-14(24)11-18(16)26)21(32)30(22(33)28-23)13-20(31)27-19-12-15(6-8-17(19)25)36(34,35)29-9-3-2-4-10-29/h5-8,11-12H,2-4,9-10,13H2,1H3,(H,27,31)(H,28,33)/t23-/m1/s1. The lowest BCUT2D eigenvalue weighted by Gasteiger charge is -2.26. The van der Waals surface area contributed by atoms with Gasteiger partial charge in [0.25, 0.3) is 5.91 Å². The van der Waals surface area contributed by atoms with Crippen molar-refractivity contribution in [3.63, 3.8) is 0 Å². The lowest BCUT2D eigenvalue weighted by Crippen LogP contribution is -2.42. The van der Waals surface area contributed by atoms with Crippen molar-refractivity contribution in [3.8, 4) is 0 Å². The Kier molecular flexibility index (Phi) is 7.55. The maximum absolute atomic E-state index is 13.2. The van der Waals surface area contributed by atoms with Crippen molar-refractivity contribution in [2.75, 3.05) is 25.0 Å². The minimum Gasteiger partial charge on any atom is -0.323 e. The zero-order valence-electron chi connectivity index (χ0n) is 19.2. The molecule has 36 heavy (non-hydrogen) atoms. The minimum absolute atomic E-state index is 0.0101. The first kappa shape index (κ1) is 26.7. The van der Waals surface area contributed by atoms with Gasteiger partial charge in [-0.05, 0) is 50.1 Å². The largest absolute Gasteiger partial charge is 0.325 e. The highest BCUT2D eigenvalue weighted by molar-refractivity contribution is 7.89. The van der Waals surface area contributed by atoms with Gasteiger partial charge in [0.1, 0.15) is 12.1 Å². The number of rotatable bonds is 6. The van der Waals surface area contributed by atoms with Crippen LogP contribution in [0.4, 0.5) is 10.5 Å². The molecule has 2 aromatic rings. The average molecular weight is 574 g/mol. The number of urea groups is 1. The van der Waals surface area contributed by atoms with Gasteiger partial charge in [0.2, 0.25) is 15.9 Å². The molecule has 2 fully saturated rings. The van der Waals surface area contributed by atoms with Crippen molar-refractivity contribution in [2.45, 2.75) is 36.6 Å². The number of nitrogens with one attached hydrogen (secondary N) is 2. The first-order valence-electron chi connectivity index (χ1n) is 11.1. The lowest BCUT2D eigenvalue weighted by atomic mass is 9.92. The van der Waals surface area contributed by atoms with Gasteiger partial charge in [-0.25, -0.2) is 13.2 Å². The zero-order valence-corrected chi connectivity index (χ0v) is 22.3. The summed E-state index contributed by atoms with van der Waals surface area (Å²) in [5.74, 6) is -1.42. The highest BCUT2D eigenvalue weighted by Gasteiger charge is 2.50. The number of sulfonamides is 1. The molecule has 1 atom stereocenters. The first-order chi connectivity index (χ1) is 16.9. The molecule has 0 spiro atoms. The predicted octanol–water partition coefficient (Wildman–Crippen LogP) is 4.23. The summed E-state index contributed by atoms with van der Waals surface area (Å²) < 4.78 is 27.4. The van der Waals surface area contributed by atoms with Crippen molar-refractivity contribution in [2.24, 2.45) is 0 Å². The summed E-state index contributed by atoms with van der Waals surface area (Å²) in [7, 11) is -3.76. The third kappa shape index (κ3) is 5.05. The van der Waals surface area contributed by atoms with Gasteiger partial charge in [-0.2, -0.15) is 4.31 Å². The summed E-state index contributed by atoms with van der Waals surface area (Å²) in [4.78, 5) is 39.3. The molecule has 4 rings (SSSR count). The third-order valence-corrected chi connectivity index (χ3v) is 8.98. The van der Waals surface area contributed by atoms with Gasteiger partial charge in [-0.15, -0.1) is 0 Å². The van der Waals surface area contributed by atoms with Gasteiger partial charge in [-0.3, -0.25) is 14.5 Å². The highest BCUT2D eigenvalue weighted by Crippen LogP contribution is 2.35. The van der Waals surface area contributed by atoms with Crippen LogP contribution in [0.1, 0.15) is 31.7 Å². The van der Waals surface area contributed by atoms with Crippen LogP contribution in [0, 0.1) is 0 Å². The number of halogens is 3. The van der Waals surface area contributed by atoms with E-state index in [1.165, 1.54) is 47.6 Å². The maximum atomic E-state index is 13.2. The van der Waals surface area contributed by atoms with E-state index >= 15 is 0 Å². The molecule has 192 valence electrons. The van der Waals surface area contributed by atoms with E-state index in [-0.39, 0.29) is 20.6 Å². The van der Waals surface area contributed by atoms with Crippen LogP contribution in [0.15, 0.2) is 41.3 Å². The summed E-state index contributed by atoms with van der Waals surface area (Å²) in [6.07, 6.45) is 2.53. The van der Waals surface area contributed by atoms with Crippen molar-refractivity contribution in [3.05, 3.63) is 57.0 Å². The van der Waals surface area contributed by atoms with Gasteiger partial charge in [-0.1, -0.05) is 47.3 Å². The number of carbonyl (C=O) groups is 3. The van der Waals surface area contributed by atoms with Crippen LogP contribution in [0.3, 0.4) is 0 Å². The van der Waals surface area contributed by atoms with Crippen LogP contribution in [-0.2, 0) is 25.2 Å². The van der Waals surface area contributed by atoms with E-state index in [9.17, 15) is 22.8 Å². The number of hydrogen-bond acceptors (Lipinski definition) is 5. The van der Waals surface area contributed by atoms with E-state index in [1.807, 2.05) is 0 Å². The van der Waals surface area contributed by atoms with Crippen molar-refractivity contribution >= 4 is 68.4 Å². The van der Waals surface area contributed by atoms with E-state index in [1.54, 1.807) is 0 Å². The molecule has 9 nitrogen and oxygen atoms in total. The Labute approximate surface area is 223 Å². The minimum atomic E-state index is -3.76. The van der Waals surface area contributed by atoms with Crippen LogP contribution in [0.25, 0.3) is 0 Å². The summed E-state index contributed by atoms with van der Waals surface area (Å²) in [6.45, 7) is 1.71. The second-order valence-electron chi connectivity index (χ2n) is 8.73. The normalized spacial score (nSPS) is 20.9. The fourth-order valence-corrected chi connectivity index (χ4v) is 6.57. The molecule has 2 aromatic carbocycles. The van der Waals surface area contributed by atoms with E-state index in [0.717, 1.165) is 24.2 Å². The topological polar surface area (TPSA) is 116 Å². The quantitative estimate of drug-likeness (QED) is 0.502. The number of carbonyl (C=O) groups excluding carboxylic acids is 3. The van der Waals surface area contributed by atoms with E-state index in [4.69, 9.17) is 34.8 Å². The fourth-order valence-electron chi connectivity index (χ4n) is 4.27. The third-order valence-electron chi connectivity index (χ3n) is 6.21. The number of amides is 4. The number of nitrogens with zero attached hydrogens (tertiary/aromatic N) is 2. The molecule has 2 aliphatic heterocycles. The Balaban J connectivity index is 1.51. The van der Waals surface area contributed by atoms with Gasteiger partial charge in [0.15, 0.2) is 0 Å². The zero-order chi connectivity index (χ0) is 26.3. The second kappa shape index (κ2) is 10.2. The van der Waals surface area contributed by atoms with Crippen LogP contribution >= 0.6 is 34.8 Å². The van der Waals surface area contributed by atoms with Crippen LogP contribution < -0.4 is 10.6 Å². The van der Waals surface area contributed by atoms with E-state index < -0.39 is 40.0 Å². The summed E-state index contributed by atoms with van der Waals surface area (Å²) in [5, 5.41) is 5.73. The number of benzene rings is 2. The van der Waals surface area contributed by atoms with Crippen LogP contribution in [0.5, 0.6) is 0 Å². The molecular weight excluding hydrogens is 551 g/mol. The molecule has 13 heteroatoms. The smallest absolute Gasteiger partial charge is 0.323 e. The molecule has 0 unspecified atom stereocenters. The number of hydrogen-bond donors (Lipinski definition) is 2. The fraction of sp³-hybridized carbons (Fsp3) is 0.348. The highest BCUT2D eigenvalue weighted by atomic mass is 35.5. The van der Waals surface area contributed by atoms with Crippen molar-refractivity contribution in [1.29, 1.82) is 0 Å². The number of imide groups is 1. The molecule has 4 amide bonds. The molecule has 2 aliphatic rings. The number of anilines is 1. The molecule has 2 N–H and O–H groups in total. The van der Waals surface area contributed by atoms with Gasteiger partial charge >= 0.3 is 6.03 Å². The van der Waals surface area contributed by atoms with Crippen LogP contribution in [0.2, 0.25) is 15.1 Å². The monoisotopic (exact) mass is 572 g/mol. The Hall–Kier alpha value is -2.37. The Morgan fingerprint density at radius 2 is 1.72 bits per heavy atom. The molecule has 0 aliphatic carbocycles. The molecule has 0 radical (unpaired) electrons. The summed E-state index contributed by atoms with van der Waals surface area (Å²) >= 11 is 18.4. The van der Waals surface area contributed by atoms with E-state index in [0.29, 0.717) is 23.7 Å². The van der Waals surface area contributed by atoms with Gasteiger partial charge in [0.05, 0.1) is 15.6 Å². The SMILES string of the molecule is C[C@]1(c2ccc(Cl)cc2Cl)NC(=O)N(CC(=O)Nc2cc(S(=O)(=O)N3CCCCC3)ccc2Cl)C1=O. The van der Waals surface area contributed by atoms with Crippen LogP contribution in [-0.4, -0.2) is 55.1 Å².